The lowest BCUT2D eigenvalue weighted by Gasteiger charge is -2.35. The minimum atomic E-state index is 0.604. The molecule has 0 heterocycles. The third kappa shape index (κ3) is 3.34. The van der Waals surface area contributed by atoms with E-state index in [1.54, 1.807) is 0 Å². The first-order valence-electron chi connectivity index (χ1n) is 6.74. The first kappa shape index (κ1) is 12.2. The third-order valence-corrected chi connectivity index (χ3v) is 4.14. The highest BCUT2D eigenvalue weighted by Crippen LogP contribution is 2.30. The van der Waals surface area contributed by atoms with Crippen molar-refractivity contribution >= 4 is 17.3 Å². The average Bonchev–Trinajstić information content (AvgIpc) is 3.02. The van der Waals surface area contributed by atoms with Crippen LogP contribution in [0.1, 0.15) is 52.4 Å². The number of hydrogen-bond acceptors (Lipinski definition) is 1. The maximum absolute atomic E-state index is 5.37. The number of nitrogens with one attached hydrogen (secondary N) is 2. The van der Waals surface area contributed by atoms with Gasteiger partial charge in [0.05, 0.1) is 0 Å². The predicted octanol–water partition coefficient (Wildman–Crippen LogP) is 2.83. The highest BCUT2D eigenvalue weighted by atomic mass is 32.1. The van der Waals surface area contributed by atoms with E-state index < -0.39 is 0 Å². The Bertz CT molecular complexity index is 248. The van der Waals surface area contributed by atoms with Gasteiger partial charge in [-0.2, -0.15) is 0 Å². The average molecular weight is 240 g/mol. The second kappa shape index (κ2) is 5.35. The Morgan fingerprint density at radius 3 is 2.38 bits per heavy atom. The van der Waals surface area contributed by atoms with Crippen LogP contribution in [0.4, 0.5) is 0 Å². The second-order valence-corrected chi connectivity index (χ2v) is 6.10. The molecule has 2 unspecified atom stereocenters. The summed E-state index contributed by atoms with van der Waals surface area (Å²) >= 11 is 5.37. The quantitative estimate of drug-likeness (QED) is 0.742. The Morgan fingerprint density at radius 2 is 1.75 bits per heavy atom. The summed E-state index contributed by atoms with van der Waals surface area (Å²) in [6.45, 7) is 4.67. The Labute approximate surface area is 105 Å². The molecule has 0 aromatic carbocycles. The molecule has 16 heavy (non-hydrogen) atoms. The standard InChI is InChI=1S/C13H24N2S/c1-9(2)11-5-3-4-6-12(11)15-13(16)14-10-7-8-10/h9-12H,3-8H2,1-2H3,(H2,14,15,16). The normalized spacial score (nSPS) is 30.2. The SMILES string of the molecule is CC(C)C1CCCCC1NC(=S)NC1CC1. The van der Waals surface area contributed by atoms with E-state index in [9.17, 15) is 0 Å². The molecular weight excluding hydrogens is 216 g/mol. The van der Waals surface area contributed by atoms with Gasteiger partial charge in [0.15, 0.2) is 5.11 Å². The zero-order valence-corrected chi connectivity index (χ0v) is 11.3. The van der Waals surface area contributed by atoms with E-state index in [1.807, 2.05) is 0 Å². The van der Waals surface area contributed by atoms with Gasteiger partial charge in [-0.15, -0.1) is 0 Å². The molecule has 0 aliphatic heterocycles. The smallest absolute Gasteiger partial charge is 0.166 e. The molecule has 0 amide bonds. The zero-order valence-electron chi connectivity index (χ0n) is 10.5. The molecule has 0 aromatic rings. The summed E-state index contributed by atoms with van der Waals surface area (Å²) in [4.78, 5) is 0. The van der Waals surface area contributed by atoms with E-state index in [1.165, 1.54) is 38.5 Å². The van der Waals surface area contributed by atoms with Gasteiger partial charge in [-0.3, -0.25) is 0 Å². The summed E-state index contributed by atoms with van der Waals surface area (Å²) in [6, 6.07) is 1.27. The van der Waals surface area contributed by atoms with Crippen molar-refractivity contribution in [1.82, 2.24) is 10.6 Å². The van der Waals surface area contributed by atoms with E-state index in [0.29, 0.717) is 12.1 Å². The van der Waals surface area contributed by atoms with Crippen molar-refractivity contribution in [3.8, 4) is 0 Å². The Hall–Kier alpha value is -0.310. The minimum absolute atomic E-state index is 0.604. The molecule has 2 nitrogen and oxygen atoms in total. The highest BCUT2D eigenvalue weighted by molar-refractivity contribution is 7.80. The van der Waals surface area contributed by atoms with Crippen LogP contribution in [0.3, 0.4) is 0 Å². The van der Waals surface area contributed by atoms with Gasteiger partial charge >= 0.3 is 0 Å². The van der Waals surface area contributed by atoms with Crippen LogP contribution in [-0.4, -0.2) is 17.2 Å². The molecule has 2 aliphatic rings. The lowest BCUT2D eigenvalue weighted by atomic mass is 9.78. The molecule has 2 fully saturated rings. The van der Waals surface area contributed by atoms with Crippen molar-refractivity contribution in [2.24, 2.45) is 11.8 Å². The van der Waals surface area contributed by atoms with Crippen LogP contribution < -0.4 is 10.6 Å². The van der Waals surface area contributed by atoms with E-state index in [-0.39, 0.29) is 0 Å². The number of thiocarbonyl (C=S) groups is 1. The molecule has 0 spiro atoms. The van der Waals surface area contributed by atoms with E-state index in [0.717, 1.165) is 16.9 Å². The van der Waals surface area contributed by atoms with E-state index >= 15 is 0 Å². The van der Waals surface area contributed by atoms with Gasteiger partial charge in [0.1, 0.15) is 0 Å². The van der Waals surface area contributed by atoms with E-state index in [2.05, 4.69) is 24.5 Å². The molecular formula is C13H24N2S. The van der Waals surface area contributed by atoms with Gasteiger partial charge in [-0.25, -0.2) is 0 Å². The van der Waals surface area contributed by atoms with Crippen molar-refractivity contribution in [2.45, 2.75) is 64.5 Å². The monoisotopic (exact) mass is 240 g/mol. The Balaban J connectivity index is 1.82. The molecule has 92 valence electrons. The summed E-state index contributed by atoms with van der Waals surface area (Å²) in [7, 11) is 0. The minimum Gasteiger partial charge on any atom is -0.360 e. The van der Waals surface area contributed by atoms with Crippen molar-refractivity contribution in [1.29, 1.82) is 0 Å². The Kier molecular flexibility index (Phi) is 4.06. The summed E-state index contributed by atoms with van der Waals surface area (Å²) in [5, 5.41) is 7.81. The van der Waals surface area contributed by atoms with Crippen LogP contribution in [0.25, 0.3) is 0 Å². The van der Waals surface area contributed by atoms with Crippen LogP contribution in [0.15, 0.2) is 0 Å². The molecule has 2 N–H and O–H groups in total. The summed E-state index contributed by atoms with van der Waals surface area (Å²) < 4.78 is 0. The largest absolute Gasteiger partial charge is 0.360 e. The van der Waals surface area contributed by atoms with Crippen molar-refractivity contribution in [3.05, 3.63) is 0 Å². The molecule has 0 aromatic heterocycles. The number of rotatable bonds is 3. The highest BCUT2D eigenvalue weighted by Gasteiger charge is 2.29. The zero-order chi connectivity index (χ0) is 11.5. The molecule has 0 saturated heterocycles. The maximum atomic E-state index is 5.37. The number of hydrogen-bond donors (Lipinski definition) is 2. The summed E-state index contributed by atoms with van der Waals surface area (Å²) in [5.41, 5.74) is 0. The van der Waals surface area contributed by atoms with Gasteiger partial charge in [0.25, 0.3) is 0 Å². The van der Waals surface area contributed by atoms with Gasteiger partial charge in [0, 0.05) is 12.1 Å². The summed E-state index contributed by atoms with van der Waals surface area (Å²) in [6.07, 6.45) is 7.98. The molecule has 0 radical (unpaired) electrons. The fourth-order valence-electron chi connectivity index (χ4n) is 2.76. The maximum Gasteiger partial charge on any atom is 0.166 e. The van der Waals surface area contributed by atoms with Crippen LogP contribution in [0, 0.1) is 11.8 Å². The van der Waals surface area contributed by atoms with Crippen molar-refractivity contribution in [3.63, 3.8) is 0 Å². The fourth-order valence-corrected chi connectivity index (χ4v) is 3.08. The lowest BCUT2D eigenvalue weighted by Crippen LogP contribution is -2.48. The Morgan fingerprint density at radius 1 is 1.06 bits per heavy atom. The molecule has 0 bridgehead atoms. The molecule has 2 saturated carbocycles. The van der Waals surface area contributed by atoms with Crippen molar-refractivity contribution < 1.29 is 0 Å². The van der Waals surface area contributed by atoms with Crippen LogP contribution in [0.5, 0.6) is 0 Å². The molecule has 3 heteroatoms. The lowest BCUT2D eigenvalue weighted by molar-refractivity contribution is 0.224. The van der Waals surface area contributed by atoms with Gasteiger partial charge in [0.2, 0.25) is 0 Å². The topological polar surface area (TPSA) is 24.1 Å². The first-order valence-corrected chi connectivity index (χ1v) is 7.14. The van der Waals surface area contributed by atoms with Crippen LogP contribution >= 0.6 is 12.2 Å². The van der Waals surface area contributed by atoms with Gasteiger partial charge < -0.3 is 10.6 Å². The molecule has 2 rings (SSSR count). The third-order valence-electron chi connectivity index (χ3n) is 3.90. The van der Waals surface area contributed by atoms with Gasteiger partial charge in [-0.1, -0.05) is 26.7 Å². The van der Waals surface area contributed by atoms with E-state index in [4.69, 9.17) is 12.2 Å². The molecule has 2 atom stereocenters. The van der Waals surface area contributed by atoms with Crippen molar-refractivity contribution in [2.75, 3.05) is 0 Å². The van der Waals surface area contributed by atoms with Gasteiger partial charge in [-0.05, 0) is 49.7 Å². The predicted molar refractivity (Wildman–Crippen MR) is 72.5 cm³/mol. The second-order valence-electron chi connectivity index (χ2n) is 5.69. The molecule has 2 aliphatic carbocycles. The first-order chi connectivity index (χ1) is 7.66. The summed E-state index contributed by atoms with van der Waals surface area (Å²) in [5.74, 6) is 1.56. The van der Waals surface area contributed by atoms with Crippen LogP contribution in [-0.2, 0) is 0 Å². The van der Waals surface area contributed by atoms with Crippen LogP contribution in [0.2, 0.25) is 0 Å². The fraction of sp³-hybridized carbons (Fsp3) is 0.923.